The fraction of sp³-hybridized carbons (Fsp3) is 0.111. The maximum Gasteiger partial charge on any atom is 0.229 e. The van der Waals surface area contributed by atoms with Gasteiger partial charge in [-0.3, -0.25) is 0 Å². The van der Waals surface area contributed by atoms with E-state index in [0.29, 0.717) is 34.1 Å². The minimum atomic E-state index is 0.394. The molecule has 0 fully saturated rings. The van der Waals surface area contributed by atoms with Gasteiger partial charge in [0.1, 0.15) is 11.6 Å². The summed E-state index contributed by atoms with van der Waals surface area (Å²) in [4.78, 5) is 8.62. The monoisotopic (exact) mass is 374 g/mol. The Morgan fingerprint density at radius 1 is 0.960 bits per heavy atom. The lowest BCUT2D eigenvalue weighted by Crippen LogP contribution is -2.01. The SMILES string of the molecule is CCOc1ccc(Nc2ccnc(Nc3c(Cl)cccc3Cl)n2)cc1. The van der Waals surface area contributed by atoms with Crippen LogP contribution in [0.1, 0.15) is 6.92 Å². The van der Waals surface area contributed by atoms with E-state index in [1.807, 2.05) is 31.2 Å². The number of nitrogens with zero attached hydrogens (tertiary/aromatic N) is 2. The van der Waals surface area contributed by atoms with Crippen LogP contribution in [0.5, 0.6) is 5.75 Å². The number of nitrogens with one attached hydrogen (secondary N) is 2. The van der Waals surface area contributed by atoms with Crippen LogP contribution >= 0.6 is 23.2 Å². The predicted molar refractivity (Wildman–Crippen MR) is 103 cm³/mol. The highest BCUT2D eigenvalue weighted by molar-refractivity contribution is 6.39. The summed E-state index contributed by atoms with van der Waals surface area (Å²) in [6.07, 6.45) is 1.65. The summed E-state index contributed by atoms with van der Waals surface area (Å²) in [5, 5.41) is 7.26. The Bertz CT molecular complexity index is 836. The number of hydrogen-bond acceptors (Lipinski definition) is 5. The first-order valence-electron chi connectivity index (χ1n) is 7.69. The van der Waals surface area contributed by atoms with Crippen molar-refractivity contribution in [2.75, 3.05) is 17.2 Å². The number of aromatic nitrogens is 2. The molecule has 0 bridgehead atoms. The maximum atomic E-state index is 6.16. The van der Waals surface area contributed by atoms with E-state index in [9.17, 15) is 0 Å². The van der Waals surface area contributed by atoms with Crippen LogP contribution in [0.4, 0.5) is 23.1 Å². The van der Waals surface area contributed by atoms with Crippen LogP contribution in [-0.4, -0.2) is 16.6 Å². The molecule has 0 spiro atoms. The number of hydrogen-bond donors (Lipinski definition) is 2. The zero-order chi connectivity index (χ0) is 17.6. The van der Waals surface area contributed by atoms with E-state index in [-0.39, 0.29) is 0 Å². The number of halogens is 2. The van der Waals surface area contributed by atoms with Crippen molar-refractivity contribution in [3.63, 3.8) is 0 Å². The van der Waals surface area contributed by atoms with E-state index in [1.165, 1.54) is 0 Å². The normalized spacial score (nSPS) is 10.4. The quantitative estimate of drug-likeness (QED) is 0.581. The molecule has 1 heterocycles. The van der Waals surface area contributed by atoms with Crippen molar-refractivity contribution in [1.29, 1.82) is 0 Å². The van der Waals surface area contributed by atoms with Crippen LogP contribution in [0.15, 0.2) is 54.7 Å². The molecule has 128 valence electrons. The third-order valence-electron chi connectivity index (χ3n) is 3.29. The fourth-order valence-corrected chi connectivity index (χ4v) is 2.66. The van der Waals surface area contributed by atoms with Crippen LogP contribution in [-0.2, 0) is 0 Å². The van der Waals surface area contributed by atoms with Crippen LogP contribution in [0.2, 0.25) is 10.0 Å². The first-order valence-corrected chi connectivity index (χ1v) is 8.45. The Hall–Kier alpha value is -2.50. The number of benzene rings is 2. The van der Waals surface area contributed by atoms with Crippen molar-refractivity contribution in [2.24, 2.45) is 0 Å². The smallest absolute Gasteiger partial charge is 0.229 e. The van der Waals surface area contributed by atoms with Crippen LogP contribution in [0, 0.1) is 0 Å². The number of anilines is 4. The fourth-order valence-electron chi connectivity index (χ4n) is 2.17. The number of rotatable bonds is 6. The van der Waals surface area contributed by atoms with Gasteiger partial charge in [-0.25, -0.2) is 4.98 Å². The highest BCUT2D eigenvalue weighted by Crippen LogP contribution is 2.31. The van der Waals surface area contributed by atoms with Crippen molar-refractivity contribution in [2.45, 2.75) is 6.92 Å². The lowest BCUT2D eigenvalue weighted by Gasteiger charge is -2.11. The largest absolute Gasteiger partial charge is 0.494 e. The molecule has 0 atom stereocenters. The van der Waals surface area contributed by atoms with E-state index in [4.69, 9.17) is 27.9 Å². The van der Waals surface area contributed by atoms with Gasteiger partial charge >= 0.3 is 0 Å². The third kappa shape index (κ3) is 4.53. The molecule has 7 heteroatoms. The molecule has 0 unspecified atom stereocenters. The minimum Gasteiger partial charge on any atom is -0.494 e. The Balaban J connectivity index is 1.75. The molecule has 0 aliphatic heterocycles. The second-order valence-electron chi connectivity index (χ2n) is 5.07. The summed E-state index contributed by atoms with van der Waals surface area (Å²) < 4.78 is 5.43. The van der Waals surface area contributed by atoms with E-state index in [0.717, 1.165) is 11.4 Å². The maximum absolute atomic E-state index is 6.16. The third-order valence-corrected chi connectivity index (χ3v) is 3.92. The van der Waals surface area contributed by atoms with Crippen LogP contribution < -0.4 is 15.4 Å². The van der Waals surface area contributed by atoms with Crippen molar-refractivity contribution in [3.05, 3.63) is 64.8 Å². The molecule has 5 nitrogen and oxygen atoms in total. The summed E-state index contributed by atoms with van der Waals surface area (Å²) in [7, 11) is 0. The first kappa shape index (κ1) is 17.3. The van der Waals surface area contributed by atoms with E-state index >= 15 is 0 Å². The molecule has 0 amide bonds. The topological polar surface area (TPSA) is 59.1 Å². The van der Waals surface area contributed by atoms with Gasteiger partial charge in [0.15, 0.2) is 0 Å². The standard InChI is InChI=1S/C18H16Cl2N4O/c1-2-25-13-8-6-12(7-9-13)22-16-10-11-21-18(23-16)24-17-14(19)4-3-5-15(17)20/h3-11H,2H2,1H3,(H2,21,22,23,24). The molecule has 0 saturated heterocycles. The Kier molecular flexibility index (Phi) is 5.58. The van der Waals surface area contributed by atoms with Gasteiger partial charge in [0, 0.05) is 11.9 Å². The van der Waals surface area contributed by atoms with Crippen LogP contribution in [0.25, 0.3) is 0 Å². The second-order valence-corrected chi connectivity index (χ2v) is 5.88. The molecule has 2 aromatic carbocycles. The second kappa shape index (κ2) is 8.05. The van der Waals surface area contributed by atoms with Gasteiger partial charge in [0.2, 0.25) is 5.95 Å². The lowest BCUT2D eigenvalue weighted by molar-refractivity contribution is 0.340. The average molecular weight is 375 g/mol. The van der Waals surface area contributed by atoms with E-state index < -0.39 is 0 Å². The van der Waals surface area contributed by atoms with Crippen molar-refractivity contribution in [1.82, 2.24) is 9.97 Å². The summed E-state index contributed by atoms with van der Waals surface area (Å²) in [6.45, 7) is 2.59. The minimum absolute atomic E-state index is 0.394. The summed E-state index contributed by atoms with van der Waals surface area (Å²) in [5.74, 6) is 1.86. The highest BCUT2D eigenvalue weighted by Gasteiger charge is 2.08. The van der Waals surface area contributed by atoms with E-state index in [1.54, 1.807) is 30.5 Å². The molecule has 2 N–H and O–H groups in total. The lowest BCUT2D eigenvalue weighted by atomic mass is 10.3. The predicted octanol–water partition coefficient (Wildman–Crippen LogP) is 5.67. The number of ether oxygens (including phenoxy) is 1. The Morgan fingerprint density at radius 2 is 1.68 bits per heavy atom. The van der Waals surface area contributed by atoms with Crippen LogP contribution in [0.3, 0.4) is 0 Å². The highest BCUT2D eigenvalue weighted by atomic mass is 35.5. The Labute approximate surface area is 156 Å². The molecule has 0 radical (unpaired) electrons. The Morgan fingerprint density at radius 3 is 2.36 bits per heavy atom. The van der Waals surface area contributed by atoms with Gasteiger partial charge < -0.3 is 15.4 Å². The van der Waals surface area contributed by atoms with Gasteiger partial charge in [0.25, 0.3) is 0 Å². The van der Waals surface area contributed by atoms with Crippen molar-refractivity contribution >= 4 is 46.3 Å². The van der Waals surface area contributed by atoms with Gasteiger partial charge in [-0.2, -0.15) is 4.98 Å². The molecule has 1 aromatic heterocycles. The number of para-hydroxylation sites is 1. The summed E-state index contributed by atoms with van der Waals surface area (Å²) in [5.41, 5.74) is 1.47. The van der Waals surface area contributed by atoms with Gasteiger partial charge in [0.05, 0.1) is 22.3 Å². The zero-order valence-electron chi connectivity index (χ0n) is 13.5. The molecule has 3 rings (SSSR count). The van der Waals surface area contributed by atoms with E-state index in [2.05, 4.69) is 20.6 Å². The van der Waals surface area contributed by atoms with Gasteiger partial charge in [-0.05, 0) is 49.4 Å². The molecule has 25 heavy (non-hydrogen) atoms. The summed E-state index contributed by atoms with van der Waals surface area (Å²) >= 11 is 12.3. The molecular formula is C18H16Cl2N4O. The van der Waals surface area contributed by atoms with Crippen molar-refractivity contribution in [3.8, 4) is 5.75 Å². The molecule has 0 aliphatic rings. The van der Waals surface area contributed by atoms with Crippen molar-refractivity contribution < 1.29 is 4.74 Å². The van der Waals surface area contributed by atoms with Gasteiger partial charge in [-0.1, -0.05) is 29.3 Å². The molecule has 0 saturated carbocycles. The molecule has 0 aliphatic carbocycles. The molecular weight excluding hydrogens is 359 g/mol. The molecule has 3 aromatic rings. The summed E-state index contributed by atoms with van der Waals surface area (Å²) in [6, 6.07) is 14.7. The van der Waals surface area contributed by atoms with Gasteiger partial charge in [-0.15, -0.1) is 0 Å². The zero-order valence-corrected chi connectivity index (χ0v) is 15.0. The average Bonchev–Trinajstić information content (AvgIpc) is 2.61. The first-order chi connectivity index (χ1) is 12.2.